The largest absolute Gasteiger partial charge is 0.453 e. The molecule has 0 aliphatic rings. The van der Waals surface area contributed by atoms with Crippen LogP contribution in [-0.2, 0) is 25.4 Å². The van der Waals surface area contributed by atoms with Crippen molar-refractivity contribution in [1.29, 1.82) is 0 Å². The van der Waals surface area contributed by atoms with E-state index in [1.807, 2.05) is 20.8 Å². The van der Waals surface area contributed by atoms with Crippen molar-refractivity contribution >= 4 is 23.3 Å². The van der Waals surface area contributed by atoms with Crippen molar-refractivity contribution in [3.05, 3.63) is 58.4 Å². The molecule has 0 unspecified atom stereocenters. The highest BCUT2D eigenvalue weighted by Gasteiger charge is 2.28. The van der Waals surface area contributed by atoms with Gasteiger partial charge in [-0.25, -0.2) is 18.6 Å². The topological polar surface area (TPSA) is 99.4 Å². The minimum absolute atomic E-state index is 0.0726. The summed E-state index contributed by atoms with van der Waals surface area (Å²) in [5.41, 5.74) is 1.17. The molecule has 9 nitrogen and oxygen atoms in total. The van der Waals surface area contributed by atoms with Crippen LogP contribution in [0.1, 0.15) is 60.8 Å². The van der Waals surface area contributed by atoms with Gasteiger partial charge in [-0.3, -0.25) is 14.5 Å². The Morgan fingerprint density at radius 2 is 1.73 bits per heavy atom. The van der Waals surface area contributed by atoms with E-state index in [9.17, 15) is 14.4 Å². The van der Waals surface area contributed by atoms with E-state index < -0.39 is 35.6 Å². The number of hydrogen-bond donors (Lipinski definition) is 0. The maximum absolute atomic E-state index is 15.5. The predicted octanol–water partition coefficient (Wildman–Crippen LogP) is 5.70. The Morgan fingerprint density at radius 1 is 1.07 bits per heavy atom. The Kier molecular flexibility index (Phi) is 12.5. The van der Waals surface area contributed by atoms with Gasteiger partial charge in [-0.15, -0.1) is 0 Å². The van der Waals surface area contributed by atoms with Crippen molar-refractivity contribution < 1.29 is 37.4 Å². The smallest absolute Gasteiger partial charge is 0.410 e. The molecule has 3 aromatic rings. The summed E-state index contributed by atoms with van der Waals surface area (Å²) in [6.07, 6.45) is 0.474. The monoisotopic (exact) mass is 575 g/mol. The fourth-order valence-electron chi connectivity index (χ4n) is 4.39. The second-order valence-corrected chi connectivity index (χ2v) is 9.20. The number of rotatable bonds is 12. The lowest BCUT2D eigenvalue weighted by atomic mass is 9.95. The van der Waals surface area contributed by atoms with Gasteiger partial charge in [0.1, 0.15) is 17.3 Å². The van der Waals surface area contributed by atoms with E-state index in [0.717, 1.165) is 16.5 Å². The summed E-state index contributed by atoms with van der Waals surface area (Å²) in [5, 5.41) is 0. The highest BCUT2D eigenvalue weighted by Crippen LogP contribution is 2.34. The average Bonchev–Trinajstić information content (AvgIpc) is 3.29. The van der Waals surface area contributed by atoms with E-state index in [-0.39, 0.29) is 48.3 Å². The Balaban J connectivity index is 0.00000287. The molecule has 3 rings (SSSR count). The van der Waals surface area contributed by atoms with Gasteiger partial charge in [-0.1, -0.05) is 20.8 Å². The van der Waals surface area contributed by atoms with Crippen molar-refractivity contribution in [2.24, 2.45) is 0 Å². The molecular weight excluding hydrogens is 536 g/mol. The zero-order valence-corrected chi connectivity index (χ0v) is 25.0. The summed E-state index contributed by atoms with van der Waals surface area (Å²) in [6, 6.07) is 4.44. The third-order valence-electron chi connectivity index (χ3n) is 6.41. The SMILES string of the molecule is CC.CCCC(=O)c1cc(F)c(-c2nc3cc(C)ccn3c2CC(=O)CN(CC(OC)OC)C(=O)OC)c(C)c1F. The van der Waals surface area contributed by atoms with Gasteiger partial charge in [0.2, 0.25) is 0 Å². The summed E-state index contributed by atoms with van der Waals surface area (Å²) < 4.78 is 47.6. The molecule has 0 atom stereocenters. The molecule has 1 amide bonds. The van der Waals surface area contributed by atoms with Gasteiger partial charge in [0, 0.05) is 32.4 Å². The first-order chi connectivity index (χ1) is 19.6. The van der Waals surface area contributed by atoms with Crippen LogP contribution in [0.3, 0.4) is 0 Å². The van der Waals surface area contributed by atoms with Crippen molar-refractivity contribution in [2.45, 2.75) is 60.2 Å². The van der Waals surface area contributed by atoms with E-state index in [1.165, 1.54) is 28.3 Å². The maximum Gasteiger partial charge on any atom is 0.410 e. The Labute approximate surface area is 239 Å². The Bertz CT molecular complexity index is 1380. The normalized spacial score (nSPS) is 10.9. The molecule has 0 saturated carbocycles. The summed E-state index contributed by atoms with van der Waals surface area (Å²) in [5.74, 6) is -2.54. The number of Topliss-reactive ketones (excluding diaryl/α,β-unsaturated/α-hetero) is 2. The first-order valence-electron chi connectivity index (χ1n) is 13.5. The number of carbonyl (C=O) groups excluding carboxylic acids is 3. The van der Waals surface area contributed by atoms with E-state index in [2.05, 4.69) is 4.98 Å². The summed E-state index contributed by atoms with van der Waals surface area (Å²) >= 11 is 0. The fourth-order valence-corrected chi connectivity index (χ4v) is 4.39. The number of aromatic nitrogens is 2. The molecule has 0 fully saturated rings. The van der Waals surface area contributed by atoms with E-state index in [4.69, 9.17) is 14.2 Å². The number of aryl methyl sites for hydroxylation is 1. The van der Waals surface area contributed by atoms with Crippen molar-refractivity contribution in [1.82, 2.24) is 14.3 Å². The van der Waals surface area contributed by atoms with Crippen LogP contribution in [0.2, 0.25) is 0 Å². The molecule has 0 aliphatic carbocycles. The molecule has 0 spiro atoms. The van der Waals surface area contributed by atoms with Crippen LogP contribution in [0.4, 0.5) is 13.6 Å². The van der Waals surface area contributed by atoms with Crippen molar-refractivity contribution in [3.63, 3.8) is 0 Å². The number of fused-ring (bicyclic) bond motifs is 1. The Morgan fingerprint density at radius 3 is 2.32 bits per heavy atom. The van der Waals surface area contributed by atoms with Crippen LogP contribution in [0.5, 0.6) is 0 Å². The molecule has 2 aromatic heterocycles. The van der Waals surface area contributed by atoms with Crippen LogP contribution in [0.25, 0.3) is 16.9 Å². The van der Waals surface area contributed by atoms with Gasteiger partial charge in [-0.2, -0.15) is 0 Å². The highest BCUT2D eigenvalue weighted by atomic mass is 19.1. The van der Waals surface area contributed by atoms with Gasteiger partial charge < -0.3 is 18.6 Å². The van der Waals surface area contributed by atoms with Gasteiger partial charge in [0.25, 0.3) is 0 Å². The molecule has 11 heteroatoms. The molecule has 0 aliphatic heterocycles. The number of hydrogen-bond acceptors (Lipinski definition) is 7. The number of ether oxygens (including phenoxy) is 3. The lowest BCUT2D eigenvalue weighted by Gasteiger charge is -2.24. The molecule has 224 valence electrons. The number of pyridine rings is 1. The van der Waals surface area contributed by atoms with Crippen molar-refractivity contribution in [3.8, 4) is 11.3 Å². The number of halogens is 2. The molecule has 0 N–H and O–H groups in total. The van der Waals surface area contributed by atoms with Gasteiger partial charge in [-0.05, 0) is 49.6 Å². The molecule has 0 bridgehead atoms. The predicted molar refractivity (Wildman–Crippen MR) is 151 cm³/mol. The molecule has 0 radical (unpaired) electrons. The first-order valence-corrected chi connectivity index (χ1v) is 13.5. The second-order valence-electron chi connectivity index (χ2n) is 9.20. The molecule has 41 heavy (non-hydrogen) atoms. The molecule has 0 saturated heterocycles. The van der Waals surface area contributed by atoms with Crippen LogP contribution in [-0.4, -0.2) is 72.7 Å². The lowest BCUT2D eigenvalue weighted by molar-refractivity contribution is -0.125. The van der Waals surface area contributed by atoms with Crippen molar-refractivity contribution in [2.75, 3.05) is 34.4 Å². The van der Waals surface area contributed by atoms with Crippen LogP contribution >= 0.6 is 0 Å². The third-order valence-corrected chi connectivity index (χ3v) is 6.41. The number of carbonyl (C=O) groups is 3. The number of nitrogens with zero attached hydrogens (tertiary/aromatic N) is 3. The standard InChI is InChI=1S/C28H33F2N3O6.C2H6/c1-7-8-22(35)19-13-20(29)25(17(3)26(19)30)27-21(33-10-9-16(2)11-23(33)31-27)12-18(34)14-32(28(36)39-6)15-24(37-4)38-5;1-2/h9-11,13,24H,7-8,12,14-15H2,1-6H3;1-2H3. The van der Waals surface area contributed by atoms with Crippen LogP contribution in [0, 0.1) is 25.5 Å². The highest BCUT2D eigenvalue weighted by molar-refractivity contribution is 5.97. The lowest BCUT2D eigenvalue weighted by Crippen LogP contribution is -2.42. The Hall–Kier alpha value is -3.70. The van der Waals surface area contributed by atoms with E-state index in [0.29, 0.717) is 17.8 Å². The first kappa shape index (κ1) is 33.5. The van der Waals surface area contributed by atoms with Gasteiger partial charge >= 0.3 is 6.09 Å². The number of methoxy groups -OCH3 is 3. The van der Waals surface area contributed by atoms with E-state index >= 15 is 8.78 Å². The molecular formula is C30H39F2N3O6. The maximum atomic E-state index is 15.5. The number of imidazole rings is 1. The zero-order chi connectivity index (χ0) is 30.9. The minimum atomic E-state index is -0.822. The molecule has 1 aromatic carbocycles. The van der Waals surface area contributed by atoms with Gasteiger partial charge in [0.05, 0.1) is 43.6 Å². The van der Waals surface area contributed by atoms with E-state index in [1.54, 1.807) is 29.7 Å². The summed E-state index contributed by atoms with van der Waals surface area (Å²) in [6.45, 7) is 8.59. The molecule has 2 heterocycles. The fraction of sp³-hybridized carbons (Fsp3) is 0.467. The summed E-state index contributed by atoms with van der Waals surface area (Å²) in [7, 11) is 3.98. The number of benzene rings is 1. The second kappa shape index (κ2) is 15.3. The quantitative estimate of drug-likeness (QED) is 0.202. The number of ketones is 2. The third kappa shape index (κ3) is 7.74. The van der Waals surface area contributed by atoms with Crippen LogP contribution in [0.15, 0.2) is 24.4 Å². The van der Waals surface area contributed by atoms with Gasteiger partial charge in [0.15, 0.2) is 17.9 Å². The summed E-state index contributed by atoms with van der Waals surface area (Å²) in [4.78, 5) is 43.6. The minimum Gasteiger partial charge on any atom is -0.453 e. The van der Waals surface area contributed by atoms with Crippen LogP contribution < -0.4 is 0 Å². The zero-order valence-electron chi connectivity index (χ0n) is 25.0. The average molecular weight is 576 g/mol. The number of amides is 1.